The van der Waals surface area contributed by atoms with Crippen molar-refractivity contribution in [3.8, 4) is 0 Å². The van der Waals surface area contributed by atoms with Crippen LogP contribution in [0.5, 0.6) is 0 Å². The number of nitrogens with zero attached hydrogens (tertiary/aromatic N) is 3. The molecule has 0 spiro atoms. The van der Waals surface area contributed by atoms with Gasteiger partial charge in [0.2, 0.25) is 5.91 Å². The number of rotatable bonds is 7. The molecule has 9 heteroatoms. The molecule has 1 amide bonds. The Labute approximate surface area is 186 Å². The van der Waals surface area contributed by atoms with Crippen LogP contribution in [-0.4, -0.2) is 40.3 Å². The third-order valence-electron chi connectivity index (χ3n) is 5.52. The molecule has 1 aromatic heterocycles. The number of hydrogen-bond donors (Lipinski definition) is 2. The predicted octanol–water partition coefficient (Wildman–Crippen LogP) is 2.66. The summed E-state index contributed by atoms with van der Waals surface area (Å²) >= 11 is 1.77. The number of carbonyl (C=O) groups is 1. The predicted molar refractivity (Wildman–Crippen MR) is 127 cm³/mol. The lowest BCUT2D eigenvalue weighted by molar-refractivity contribution is -0.117. The number of unbranched alkanes of at least 4 members (excludes halogenated alkanes) is 1. The van der Waals surface area contributed by atoms with Gasteiger partial charge < -0.3 is 15.5 Å². The maximum Gasteiger partial charge on any atom is 0.330 e. The molecule has 1 atom stereocenters. The van der Waals surface area contributed by atoms with Gasteiger partial charge in [-0.2, -0.15) is 0 Å². The van der Waals surface area contributed by atoms with E-state index in [1.165, 1.54) is 4.57 Å². The van der Waals surface area contributed by atoms with Crippen molar-refractivity contribution in [2.45, 2.75) is 56.7 Å². The number of nitrogen functional groups attached to an aromatic ring is 1. The minimum atomic E-state index is -0.564. The average Bonchev–Trinajstić information content (AvgIpc) is 2.90. The van der Waals surface area contributed by atoms with Crippen LogP contribution in [0.3, 0.4) is 0 Å². The number of amides is 1. The number of H-pyrrole nitrogens is 1. The normalized spacial score (nSPS) is 16.0. The van der Waals surface area contributed by atoms with E-state index in [0.29, 0.717) is 24.9 Å². The number of aromatic amines is 1. The molecule has 31 heavy (non-hydrogen) atoms. The number of anilines is 3. The van der Waals surface area contributed by atoms with Crippen LogP contribution >= 0.6 is 11.8 Å². The second-order valence-corrected chi connectivity index (χ2v) is 9.22. The van der Waals surface area contributed by atoms with Crippen LogP contribution in [0.4, 0.5) is 17.2 Å². The van der Waals surface area contributed by atoms with Crippen molar-refractivity contribution in [2.75, 3.05) is 35.2 Å². The highest BCUT2D eigenvalue weighted by molar-refractivity contribution is 8.00. The van der Waals surface area contributed by atoms with E-state index >= 15 is 0 Å². The average molecular weight is 446 g/mol. The van der Waals surface area contributed by atoms with Crippen LogP contribution in [0.25, 0.3) is 0 Å². The highest BCUT2D eigenvalue weighted by Gasteiger charge is 2.27. The van der Waals surface area contributed by atoms with Crippen LogP contribution < -0.4 is 26.8 Å². The highest BCUT2D eigenvalue weighted by Crippen LogP contribution is 2.37. The van der Waals surface area contributed by atoms with Crippen molar-refractivity contribution in [3.63, 3.8) is 0 Å². The molecular formula is C22H31N5O3S. The third kappa shape index (κ3) is 4.98. The number of carbonyl (C=O) groups excluding carboxylic acids is 1. The van der Waals surface area contributed by atoms with Gasteiger partial charge in [0.25, 0.3) is 5.56 Å². The van der Waals surface area contributed by atoms with Gasteiger partial charge in [-0.3, -0.25) is 19.1 Å². The molecule has 1 aliphatic rings. The van der Waals surface area contributed by atoms with E-state index in [-0.39, 0.29) is 24.0 Å². The number of para-hydroxylation sites is 1. The molecule has 2 heterocycles. The van der Waals surface area contributed by atoms with Crippen LogP contribution in [0, 0.1) is 0 Å². The first kappa shape index (κ1) is 23.0. The summed E-state index contributed by atoms with van der Waals surface area (Å²) < 4.78 is 1.38. The fourth-order valence-corrected chi connectivity index (χ4v) is 4.88. The highest BCUT2D eigenvalue weighted by atomic mass is 32.2. The maximum absolute atomic E-state index is 13.4. The van der Waals surface area contributed by atoms with Crippen molar-refractivity contribution in [1.29, 1.82) is 0 Å². The van der Waals surface area contributed by atoms with Crippen molar-refractivity contribution < 1.29 is 4.79 Å². The Bertz CT molecular complexity index is 1050. The molecular weight excluding hydrogens is 414 g/mol. The van der Waals surface area contributed by atoms with Gasteiger partial charge in [-0.05, 0) is 31.9 Å². The summed E-state index contributed by atoms with van der Waals surface area (Å²) in [7, 11) is 0. The van der Waals surface area contributed by atoms with Crippen LogP contribution in [0.15, 0.2) is 38.8 Å². The molecule has 2 aromatic rings. The molecule has 3 rings (SSSR count). The first-order chi connectivity index (χ1) is 14.9. The van der Waals surface area contributed by atoms with Crippen molar-refractivity contribution in [2.24, 2.45) is 0 Å². The molecule has 0 saturated heterocycles. The molecule has 1 aliphatic heterocycles. The summed E-state index contributed by atoms with van der Waals surface area (Å²) in [6.07, 6.45) is 2.53. The summed E-state index contributed by atoms with van der Waals surface area (Å²) in [6, 6.07) is 7.90. The Morgan fingerprint density at radius 2 is 2.03 bits per heavy atom. The van der Waals surface area contributed by atoms with Gasteiger partial charge in [-0.1, -0.05) is 32.4 Å². The van der Waals surface area contributed by atoms with E-state index in [1.54, 1.807) is 21.6 Å². The standard InChI is InChI=1S/C22H31N5O3S/c1-4-6-12-27-20(23)19(21(29)24-22(27)30)25(5-2)14-18(28)26-13-11-15(3)31-17-10-8-7-9-16(17)26/h7-10,15H,4-6,11-14,23H2,1-3H3,(H,24,29,30). The van der Waals surface area contributed by atoms with Crippen molar-refractivity contribution >= 4 is 34.9 Å². The monoisotopic (exact) mass is 445 g/mol. The summed E-state index contributed by atoms with van der Waals surface area (Å²) in [5, 5.41) is 0.404. The zero-order valence-corrected chi connectivity index (χ0v) is 19.2. The van der Waals surface area contributed by atoms with Gasteiger partial charge in [0.05, 0.1) is 12.2 Å². The molecule has 3 N–H and O–H groups in total. The Morgan fingerprint density at radius 3 is 2.74 bits per heavy atom. The number of benzene rings is 1. The smallest absolute Gasteiger partial charge is 0.330 e. The summed E-state index contributed by atoms with van der Waals surface area (Å²) in [5.74, 6) is 0.00593. The molecule has 8 nitrogen and oxygen atoms in total. The topological polar surface area (TPSA) is 104 Å². The Hall–Kier alpha value is -2.68. The van der Waals surface area contributed by atoms with Gasteiger partial charge in [0.15, 0.2) is 0 Å². The minimum Gasteiger partial charge on any atom is -0.383 e. The largest absolute Gasteiger partial charge is 0.383 e. The number of fused-ring (bicyclic) bond motifs is 1. The summed E-state index contributed by atoms with van der Waals surface area (Å²) in [6.45, 7) is 7.49. The SMILES string of the molecule is CCCCn1c(N)c(N(CC)CC(=O)N2CCC(C)Sc3ccccc32)c(=O)[nH]c1=O. The summed E-state index contributed by atoms with van der Waals surface area (Å²) in [4.78, 5) is 45.1. The molecule has 1 aromatic carbocycles. The lowest BCUT2D eigenvalue weighted by Gasteiger charge is -2.28. The van der Waals surface area contributed by atoms with Crippen LogP contribution in [-0.2, 0) is 11.3 Å². The van der Waals surface area contributed by atoms with Crippen LogP contribution in [0.1, 0.15) is 40.0 Å². The van der Waals surface area contributed by atoms with E-state index in [9.17, 15) is 14.4 Å². The van der Waals surface area contributed by atoms with Crippen LogP contribution in [0.2, 0.25) is 0 Å². The molecule has 1 unspecified atom stereocenters. The number of likely N-dealkylation sites (N-methyl/N-ethyl adjacent to an activating group) is 1. The number of aromatic nitrogens is 2. The van der Waals surface area contributed by atoms with Gasteiger partial charge in [-0.25, -0.2) is 4.79 Å². The lowest BCUT2D eigenvalue weighted by atomic mass is 10.2. The molecule has 0 bridgehead atoms. The van der Waals surface area contributed by atoms with Crippen molar-refractivity contribution in [1.82, 2.24) is 9.55 Å². The number of thioether (sulfide) groups is 1. The number of nitrogens with one attached hydrogen (secondary N) is 1. The van der Waals surface area contributed by atoms with E-state index in [4.69, 9.17) is 5.73 Å². The lowest BCUT2D eigenvalue weighted by Crippen LogP contribution is -2.44. The Morgan fingerprint density at radius 1 is 1.29 bits per heavy atom. The van der Waals surface area contributed by atoms with Gasteiger partial charge in [0.1, 0.15) is 11.5 Å². The van der Waals surface area contributed by atoms with Gasteiger partial charge >= 0.3 is 5.69 Å². The van der Waals surface area contributed by atoms with E-state index in [2.05, 4.69) is 11.9 Å². The molecule has 0 radical (unpaired) electrons. The third-order valence-corrected chi connectivity index (χ3v) is 6.76. The maximum atomic E-state index is 13.4. The first-order valence-corrected chi connectivity index (χ1v) is 11.7. The number of nitrogens with two attached hydrogens (primary N) is 1. The zero-order valence-electron chi connectivity index (χ0n) is 18.4. The zero-order chi connectivity index (χ0) is 22.5. The minimum absolute atomic E-state index is 0.00312. The van der Waals surface area contributed by atoms with Gasteiger partial charge in [-0.15, -0.1) is 11.8 Å². The second kappa shape index (κ2) is 10.1. The number of hydrogen-bond acceptors (Lipinski definition) is 6. The molecule has 168 valence electrons. The second-order valence-electron chi connectivity index (χ2n) is 7.74. The fraction of sp³-hybridized carbons (Fsp3) is 0.500. The fourth-order valence-electron chi connectivity index (χ4n) is 3.76. The molecule has 0 aliphatic carbocycles. The quantitative estimate of drug-likeness (QED) is 0.679. The summed E-state index contributed by atoms with van der Waals surface area (Å²) in [5.41, 5.74) is 6.24. The van der Waals surface area contributed by atoms with E-state index in [0.717, 1.165) is 29.8 Å². The Kier molecular flexibility index (Phi) is 7.48. The van der Waals surface area contributed by atoms with Crippen molar-refractivity contribution in [3.05, 3.63) is 45.1 Å². The molecule has 0 saturated carbocycles. The first-order valence-electron chi connectivity index (χ1n) is 10.8. The molecule has 0 fully saturated rings. The van der Waals surface area contributed by atoms with Gasteiger partial charge in [0, 0.05) is 29.8 Å². The van der Waals surface area contributed by atoms with E-state index < -0.39 is 11.2 Å². The Balaban J connectivity index is 1.92. The van der Waals surface area contributed by atoms with E-state index in [1.807, 2.05) is 38.1 Å².